The lowest BCUT2D eigenvalue weighted by atomic mass is 10.2. The minimum absolute atomic E-state index is 0.0174. The molecule has 0 atom stereocenters. The molecule has 7 nitrogen and oxygen atoms in total. The van der Waals surface area contributed by atoms with Gasteiger partial charge in [-0.05, 0) is 42.8 Å². The van der Waals surface area contributed by atoms with Gasteiger partial charge in [0, 0.05) is 18.0 Å². The van der Waals surface area contributed by atoms with Crippen LogP contribution in [-0.2, 0) is 14.8 Å². The van der Waals surface area contributed by atoms with Gasteiger partial charge in [0.2, 0.25) is 5.91 Å². The molecule has 1 aliphatic heterocycles. The number of carbonyl (C=O) groups is 2. The van der Waals surface area contributed by atoms with E-state index in [9.17, 15) is 18.0 Å². The second-order valence-electron chi connectivity index (χ2n) is 6.13. The predicted octanol–water partition coefficient (Wildman–Crippen LogP) is 2.46. The molecule has 9 heteroatoms. The normalized spacial score (nSPS) is 14.6. The molecule has 0 radical (unpaired) electrons. The van der Waals surface area contributed by atoms with Crippen LogP contribution in [0.4, 0.5) is 0 Å². The zero-order valence-corrected chi connectivity index (χ0v) is 16.5. The van der Waals surface area contributed by atoms with Crippen LogP contribution < -0.4 is 10.1 Å². The molecule has 0 unspecified atom stereocenters. The molecule has 3 rings (SSSR count). The van der Waals surface area contributed by atoms with Crippen LogP contribution in [0.5, 0.6) is 5.75 Å². The van der Waals surface area contributed by atoms with Crippen molar-refractivity contribution in [2.24, 2.45) is 0 Å². The SMILES string of the molecule is O=C(CCCN1C(=O)c2ccccc2S1(=O)=O)NCCOc1ccc(Cl)cc1. The summed E-state index contributed by atoms with van der Waals surface area (Å²) in [6.07, 6.45) is 0.347. The highest BCUT2D eigenvalue weighted by Gasteiger charge is 2.40. The summed E-state index contributed by atoms with van der Waals surface area (Å²) in [6, 6.07) is 13.0. The fraction of sp³-hybridized carbons (Fsp3) is 0.263. The van der Waals surface area contributed by atoms with Gasteiger partial charge >= 0.3 is 0 Å². The lowest BCUT2D eigenvalue weighted by Crippen LogP contribution is -2.33. The molecule has 2 aromatic rings. The first-order chi connectivity index (χ1) is 13.4. The van der Waals surface area contributed by atoms with Crippen molar-refractivity contribution in [2.75, 3.05) is 19.7 Å². The van der Waals surface area contributed by atoms with Gasteiger partial charge in [0.25, 0.3) is 15.9 Å². The fourth-order valence-electron chi connectivity index (χ4n) is 2.81. The first-order valence-corrected chi connectivity index (χ1v) is 10.5. The van der Waals surface area contributed by atoms with Gasteiger partial charge in [-0.1, -0.05) is 23.7 Å². The fourth-order valence-corrected chi connectivity index (χ4v) is 4.55. The van der Waals surface area contributed by atoms with Crippen molar-refractivity contribution >= 4 is 33.4 Å². The number of hydrogen-bond acceptors (Lipinski definition) is 5. The molecule has 0 aliphatic carbocycles. The Hall–Kier alpha value is -2.58. The molecule has 1 N–H and O–H groups in total. The summed E-state index contributed by atoms with van der Waals surface area (Å²) in [7, 11) is -3.83. The van der Waals surface area contributed by atoms with E-state index in [0.717, 1.165) is 4.31 Å². The average Bonchev–Trinajstić information content (AvgIpc) is 2.87. The second-order valence-corrected chi connectivity index (χ2v) is 8.40. The topological polar surface area (TPSA) is 92.8 Å². The molecule has 2 aromatic carbocycles. The van der Waals surface area contributed by atoms with Crippen molar-refractivity contribution in [3.05, 3.63) is 59.1 Å². The Labute approximate surface area is 168 Å². The van der Waals surface area contributed by atoms with Crippen LogP contribution in [0.2, 0.25) is 5.02 Å². The van der Waals surface area contributed by atoms with Crippen LogP contribution in [-0.4, -0.2) is 44.2 Å². The van der Waals surface area contributed by atoms with E-state index in [-0.39, 0.29) is 35.8 Å². The minimum Gasteiger partial charge on any atom is -0.492 e. The number of ether oxygens (including phenoxy) is 1. The Kier molecular flexibility index (Phi) is 6.21. The van der Waals surface area contributed by atoms with E-state index in [1.807, 2.05) is 0 Å². The van der Waals surface area contributed by atoms with Gasteiger partial charge in [-0.15, -0.1) is 0 Å². The van der Waals surface area contributed by atoms with Gasteiger partial charge in [0.05, 0.1) is 12.1 Å². The summed E-state index contributed by atoms with van der Waals surface area (Å²) in [4.78, 5) is 24.2. The Morgan fingerprint density at radius 1 is 1.11 bits per heavy atom. The van der Waals surface area contributed by atoms with Crippen molar-refractivity contribution in [3.63, 3.8) is 0 Å². The van der Waals surface area contributed by atoms with Gasteiger partial charge in [0.1, 0.15) is 17.3 Å². The number of fused-ring (bicyclic) bond motifs is 1. The van der Waals surface area contributed by atoms with Gasteiger partial charge in [-0.25, -0.2) is 12.7 Å². The van der Waals surface area contributed by atoms with E-state index in [1.54, 1.807) is 36.4 Å². The highest BCUT2D eigenvalue weighted by molar-refractivity contribution is 7.90. The number of hydrogen-bond donors (Lipinski definition) is 1. The average molecular weight is 423 g/mol. The molecule has 28 heavy (non-hydrogen) atoms. The first kappa shape index (κ1) is 20.2. The van der Waals surface area contributed by atoms with Crippen LogP contribution in [0.25, 0.3) is 0 Å². The number of amides is 2. The first-order valence-electron chi connectivity index (χ1n) is 8.71. The second kappa shape index (κ2) is 8.62. The molecular formula is C19H19ClN2O5S. The largest absolute Gasteiger partial charge is 0.492 e. The number of rotatable bonds is 8. The van der Waals surface area contributed by atoms with E-state index >= 15 is 0 Å². The third-order valence-electron chi connectivity index (χ3n) is 4.18. The number of sulfonamides is 1. The van der Waals surface area contributed by atoms with Crippen molar-refractivity contribution in [1.29, 1.82) is 0 Å². The minimum atomic E-state index is -3.83. The van der Waals surface area contributed by atoms with Crippen molar-refractivity contribution in [2.45, 2.75) is 17.7 Å². The molecule has 148 valence electrons. The Morgan fingerprint density at radius 3 is 2.54 bits per heavy atom. The molecule has 0 saturated heterocycles. The third kappa shape index (κ3) is 4.45. The number of carbonyl (C=O) groups excluding carboxylic acids is 2. The van der Waals surface area contributed by atoms with Gasteiger partial charge in [0.15, 0.2) is 0 Å². The molecule has 1 aliphatic rings. The van der Waals surface area contributed by atoms with Gasteiger partial charge in [-0.3, -0.25) is 9.59 Å². The molecule has 0 saturated carbocycles. The molecule has 0 fully saturated rings. The summed E-state index contributed by atoms with van der Waals surface area (Å²) < 4.78 is 31.1. The van der Waals surface area contributed by atoms with Crippen molar-refractivity contribution < 1.29 is 22.7 Å². The summed E-state index contributed by atoms with van der Waals surface area (Å²) in [5.41, 5.74) is 0.172. The van der Waals surface area contributed by atoms with E-state index < -0.39 is 15.9 Å². The smallest absolute Gasteiger partial charge is 0.269 e. The summed E-state index contributed by atoms with van der Waals surface area (Å²) in [6.45, 7) is 0.570. The number of benzene rings is 2. The number of nitrogens with one attached hydrogen (secondary N) is 1. The van der Waals surface area contributed by atoms with E-state index in [2.05, 4.69) is 5.32 Å². The van der Waals surface area contributed by atoms with Gasteiger partial charge in [-0.2, -0.15) is 0 Å². The van der Waals surface area contributed by atoms with E-state index in [4.69, 9.17) is 16.3 Å². The summed E-state index contributed by atoms with van der Waals surface area (Å²) in [5, 5.41) is 3.31. The molecule has 0 aromatic heterocycles. The lowest BCUT2D eigenvalue weighted by Gasteiger charge is -2.14. The summed E-state index contributed by atoms with van der Waals surface area (Å²) in [5.74, 6) is -0.135. The Morgan fingerprint density at radius 2 is 1.82 bits per heavy atom. The van der Waals surface area contributed by atoms with E-state index in [0.29, 0.717) is 23.9 Å². The van der Waals surface area contributed by atoms with Crippen LogP contribution in [0.1, 0.15) is 23.2 Å². The highest BCUT2D eigenvalue weighted by Crippen LogP contribution is 2.29. The van der Waals surface area contributed by atoms with Crippen LogP contribution in [0, 0.1) is 0 Å². The zero-order chi connectivity index (χ0) is 20.1. The van der Waals surface area contributed by atoms with Crippen molar-refractivity contribution in [3.8, 4) is 5.75 Å². The third-order valence-corrected chi connectivity index (χ3v) is 6.28. The summed E-state index contributed by atoms with van der Waals surface area (Å²) >= 11 is 5.79. The molecule has 0 bridgehead atoms. The highest BCUT2D eigenvalue weighted by atomic mass is 35.5. The number of halogens is 1. The maximum atomic E-state index is 12.4. The lowest BCUT2D eigenvalue weighted by molar-refractivity contribution is -0.121. The van der Waals surface area contributed by atoms with Crippen molar-refractivity contribution in [1.82, 2.24) is 9.62 Å². The molecule has 1 heterocycles. The van der Waals surface area contributed by atoms with Crippen LogP contribution >= 0.6 is 11.6 Å². The maximum Gasteiger partial charge on any atom is 0.269 e. The predicted molar refractivity (Wildman–Crippen MR) is 104 cm³/mol. The number of nitrogens with zero attached hydrogens (tertiary/aromatic N) is 1. The quantitative estimate of drug-likeness (QED) is 0.659. The van der Waals surface area contributed by atoms with Crippen LogP contribution in [0.15, 0.2) is 53.4 Å². The Bertz CT molecular complexity index is 976. The zero-order valence-electron chi connectivity index (χ0n) is 14.9. The molecule has 0 spiro atoms. The monoisotopic (exact) mass is 422 g/mol. The van der Waals surface area contributed by atoms with E-state index in [1.165, 1.54) is 12.1 Å². The maximum absolute atomic E-state index is 12.4. The molecular weight excluding hydrogens is 404 g/mol. The Balaban J connectivity index is 1.40. The van der Waals surface area contributed by atoms with Gasteiger partial charge < -0.3 is 10.1 Å². The van der Waals surface area contributed by atoms with Crippen LogP contribution in [0.3, 0.4) is 0 Å². The standard InChI is InChI=1S/C19H19ClN2O5S/c20-14-7-9-15(10-8-14)27-13-11-21-18(23)6-3-12-22-19(24)16-4-1-2-5-17(16)28(22,25)26/h1-2,4-5,7-10H,3,6,11-13H2,(H,21,23). The molecule has 2 amide bonds.